The number of nitrogens with zero attached hydrogens (tertiary/aromatic N) is 1. The number of rotatable bonds is 8. The van der Waals surface area contributed by atoms with E-state index in [4.69, 9.17) is 4.74 Å². The second kappa shape index (κ2) is 8.18. The quantitative estimate of drug-likeness (QED) is 0.731. The van der Waals surface area contributed by atoms with Crippen molar-refractivity contribution in [3.05, 3.63) is 29.3 Å². The van der Waals surface area contributed by atoms with Crippen LogP contribution in [0.25, 0.3) is 0 Å². The Morgan fingerprint density at radius 1 is 1.32 bits per heavy atom. The van der Waals surface area contributed by atoms with Gasteiger partial charge in [0.25, 0.3) is 0 Å². The second-order valence-electron chi connectivity index (χ2n) is 5.32. The predicted molar refractivity (Wildman–Crippen MR) is 82.0 cm³/mol. The number of methoxy groups -OCH3 is 1. The van der Waals surface area contributed by atoms with E-state index in [0.29, 0.717) is 5.92 Å². The minimum atomic E-state index is 0.488. The molecule has 0 fully saturated rings. The van der Waals surface area contributed by atoms with Gasteiger partial charge < -0.3 is 15.0 Å². The van der Waals surface area contributed by atoms with Gasteiger partial charge in [0.1, 0.15) is 5.75 Å². The van der Waals surface area contributed by atoms with E-state index in [1.165, 1.54) is 11.1 Å². The van der Waals surface area contributed by atoms with Crippen molar-refractivity contribution in [2.45, 2.75) is 33.2 Å². The molecule has 0 aromatic heterocycles. The van der Waals surface area contributed by atoms with Crippen LogP contribution in [0.5, 0.6) is 5.75 Å². The van der Waals surface area contributed by atoms with E-state index in [9.17, 15) is 0 Å². The van der Waals surface area contributed by atoms with Crippen LogP contribution < -0.4 is 10.1 Å². The van der Waals surface area contributed by atoms with Gasteiger partial charge in [-0.05, 0) is 36.7 Å². The number of benzene rings is 1. The molecule has 0 saturated carbocycles. The third kappa shape index (κ3) is 5.21. The fourth-order valence-corrected chi connectivity index (χ4v) is 2.17. The highest BCUT2D eigenvalue weighted by atomic mass is 16.5. The van der Waals surface area contributed by atoms with Gasteiger partial charge in [-0.2, -0.15) is 0 Å². The van der Waals surface area contributed by atoms with Crippen LogP contribution in [0.15, 0.2) is 18.2 Å². The largest absolute Gasteiger partial charge is 0.496 e. The summed E-state index contributed by atoms with van der Waals surface area (Å²) in [7, 11) is 3.90. The van der Waals surface area contributed by atoms with Crippen LogP contribution in [0.1, 0.15) is 37.8 Å². The second-order valence-corrected chi connectivity index (χ2v) is 5.32. The van der Waals surface area contributed by atoms with Crippen LogP contribution in [-0.4, -0.2) is 38.7 Å². The maximum absolute atomic E-state index is 5.42. The Labute approximate surface area is 118 Å². The first-order chi connectivity index (χ1) is 9.08. The smallest absolute Gasteiger partial charge is 0.122 e. The van der Waals surface area contributed by atoms with Gasteiger partial charge in [0.15, 0.2) is 0 Å². The Balaban J connectivity index is 2.66. The molecule has 0 heterocycles. The summed E-state index contributed by atoms with van der Waals surface area (Å²) in [6, 6.07) is 6.52. The zero-order valence-corrected chi connectivity index (χ0v) is 13.0. The molecule has 0 aliphatic carbocycles. The van der Waals surface area contributed by atoms with Crippen molar-refractivity contribution in [2.24, 2.45) is 0 Å². The molecule has 1 rings (SSSR count). The van der Waals surface area contributed by atoms with Gasteiger partial charge in [0, 0.05) is 19.6 Å². The van der Waals surface area contributed by atoms with Crippen LogP contribution >= 0.6 is 0 Å². The highest BCUT2D eigenvalue weighted by molar-refractivity contribution is 5.39. The molecule has 0 aliphatic heterocycles. The van der Waals surface area contributed by atoms with Gasteiger partial charge in [-0.25, -0.2) is 0 Å². The number of hydrogen-bond acceptors (Lipinski definition) is 3. The van der Waals surface area contributed by atoms with Crippen molar-refractivity contribution in [3.63, 3.8) is 0 Å². The lowest BCUT2D eigenvalue weighted by Gasteiger charge is -2.19. The molecule has 0 unspecified atom stereocenters. The van der Waals surface area contributed by atoms with Crippen molar-refractivity contribution in [3.8, 4) is 5.75 Å². The molecular formula is C16H28N2O. The lowest BCUT2D eigenvalue weighted by atomic mass is 9.99. The summed E-state index contributed by atoms with van der Waals surface area (Å²) in [5.41, 5.74) is 2.64. The highest BCUT2D eigenvalue weighted by Gasteiger charge is 2.09. The minimum absolute atomic E-state index is 0.488. The SMILES string of the molecule is CCNCCN(C)Cc1ccc(OC)c(C(C)C)c1. The zero-order chi connectivity index (χ0) is 14.3. The Kier molecular flexibility index (Phi) is 6.89. The van der Waals surface area contributed by atoms with Crippen LogP contribution in [0.2, 0.25) is 0 Å². The first-order valence-corrected chi connectivity index (χ1v) is 7.14. The van der Waals surface area contributed by atoms with E-state index >= 15 is 0 Å². The van der Waals surface area contributed by atoms with Crippen LogP contribution in [0, 0.1) is 0 Å². The topological polar surface area (TPSA) is 24.5 Å². The average Bonchev–Trinajstić information content (AvgIpc) is 2.39. The number of ether oxygens (including phenoxy) is 1. The van der Waals surface area contributed by atoms with Gasteiger partial charge in [-0.3, -0.25) is 0 Å². The Bertz CT molecular complexity index is 377. The van der Waals surface area contributed by atoms with Crippen molar-refractivity contribution >= 4 is 0 Å². The van der Waals surface area contributed by atoms with Gasteiger partial charge in [0.05, 0.1) is 7.11 Å². The van der Waals surface area contributed by atoms with E-state index in [2.05, 4.69) is 56.2 Å². The molecule has 0 radical (unpaired) electrons. The molecule has 0 atom stereocenters. The normalized spacial score (nSPS) is 11.3. The Morgan fingerprint density at radius 3 is 2.63 bits per heavy atom. The number of hydrogen-bond donors (Lipinski definition) is 1. The molecule has 0 bridgehead atoms. The third-order valence-electron chi connectivity index (χ3n) is 3.29. The molecule has 108 valence electrons. The van der Waals surface area contributed by atoms with Crippen molar-refractivity contribution in [2.75, 3.05) is 33.8 Å². The van der Waals surface area contributed by atoms with Crippen LogP contribution in [0.4, 0.5) is 0 Å². The van der Waals surface area contributed by atoms with Gasteiger partial charge in [0.2, 0.25) is 0 Å². The fourth-order valence-electron chi connectivity index (χ4n) is 2.17. The van der Waals surface area contributed by atoms with E-state index in [-0.39, 0.29) is 0 Å². The zero-order valence-electron chi connectivity index (χ0n) is 13.0. The molecule has 0 aliphatic rings. The third-order valence-corrected chi connectivity index (χ3v) is 3.29. The predicted octanol–water partition coefficient (Wildman–Crippen LogP) is 2.86. The molecule has 0 saturated heterocycles. The Morgan fingerprint density at radius 2 is 2.05 bits per heavy atom. The molecule has 3 heteroatoms. The molecule has 3 nitrogen and oxygen atoms in total. The van der Waals surface area contributed by atoms with Crippen molar-refractivity contribution in [1.29, 1.82) is 0 Å². The maximum Gasteiger partial charge on any atom is 0.122 e. The molecule has 1 aromatic carbocycles. The standard InChI is InChI=1S/C16H28N2O/c1-6-17-9-10-18(4)12-14-7-8-16(19-5)15(11-14)13(2)3/h7-8,11,13,17H,6,9-10,12H2,1-5H3. The van der Waals surface area contributed by atoms with Crippen molar-refractivity contribution in [1.82, 2.24) is 10.2 Å². The molecule has 0 amide bonds. The van der Waals surface area contributed by atoms with E-state index < -0.39 is 0 Å². The lowest BCUT2D eigenvalue weighted by molar-refractivity contribution is 0.325. The molecule has 0 spiro atoms. The van der Waals surface area contributed by atoms with E-state index in [1.807, 2.05) is 0 Å². The van der Waals surface area contributed by atoms with E-state index in [0.717, 1.165) is 31.9 Å². The summed E-state index contributed by atoms with van der Waals surface area (Å²) in [5, 5.41) is 3.35. The minimum Gasteiger partial charge on any atom is -0.496 e. The van der Waals surface area contributed by atoms with Crippen LogP contribution in [0.3, 0.4) is 0 Å². The Hall–Kier alpha value is -1.06. The number of likely N-dealkylation sites (N-methyl/N-ethyl adjacent to an activating group) is 2. The van der Waals surface area contributed by atoms with E-state index in [1.54, 1.807) is 7.11 Å². The fraction of sp³-hybridized carbons (Fsp3) is 0.625. The first kappa shape index (κ1) is 16.0. The highest BCUT2D eigenvalue weighted by Crippen LogP contribution is 2.27. The maximum atomic E-state index is 5.42. The first-order valence-electron chi connectivity index (χ1n) is 7.14. The number of nitrogens with one attached hydrogen (secondary N) is 1. The summed E-state index contributed by atoms with van der Waals surface area (Å²) in [6.45, 7) is 10.7. The summed E-state index contributed by atoms with van der Waals surface area (Å²) in [4.78, 5) is 2.34. The molecule has 1 N–H and O–H groups in total. The lowest BCUT2D eigenvalue weighted by Crippen LogP contribution is -2.28. The molecular weight excluding hydrogens is 236 g/mol. The van der Waals surface area contributed by atoms with Gasteiger partial charge >= 0.3 is 0 Å². The van der Waals surface area contributed by atoms with Gasteiger partial charge in [-0.15, -0.1) is 0 Å². The van der Waals surface area contributed by atoms with Crippen molar-refractivity contribution < 1.29 is 4.74 Å². The summed E-state index contributed by atoms with van der Waals surface area (Å²) in [5.74, 6) is 1.48. The summed E-state index contributed by atoms with van der Waals surface area (Å²) < 4.78 is 5.42. The van der Waals surface area contributed by atoms with Crippen LogP contribution in [-0.2, 0) is 6.54 Å². The summed E-state index contributed by atoms with van der Waals surface area (Å²) >= 11 is 0. The average molecular weight is 264 g/mol. The van der Waals surface area contributed by atoms with Gasteiger partial charge in [-0.1, -0.05) is 32.9 Å². The molecule has 19 heavy (non-hydrogen) atoms. The molecule has 1 aromatic rings. The summed E-state index contributed by atoms with van der Waals surface area (Å²) in [6.07, 6.45) is 0. The monoisotopic (exact) mass is 264 g/mol.